The fraction of sp³-hybridized carbons (Fsp3) is 0.130. The number of hydrogen-bond acceptors (Lipinski definition) is 4. The van der Waals surface area contributed by atoms with Crippen LogP contribution in [0.15, 0.2) is 71.6 Å². The van der Waals surface area contributed by atoms with Crippen LogP contribution in [0.4, 0.5) is 5.69 Å². The Bertz CT molecular complexity index is 1250. The number of amides is 1. The van der Waals surface area contributed by atoms with Gasteiger partial charge in [0.05, 0.1) is 10.6 Å². The van der Waals surface area contributed by atoms with Gasteiger partial charge in [-0.3, -0.25) is 13.9 Å². The molecule has 1 N–H and O–H groups in total. The van der Waals surface area contributed by atoms with Crippen molar-refractivity contribution in [3.05, 3.63) is 93.5 Å². The maximum Gasteiger partial charge on any atom is 0.264 e. The van der Waals surface area contributed by atoms with Gasteiger partial charge in [0.15, 0.2) is 0 Å². The first-order valence-electron chi connectivity index (χ1n) is 9.56. The third-order valence-electron chi connectivity index (χ3n) is 4.71. The molecule has 0 aliphatic carbocycles. The number of nitrogens with one attached hydrogen (secondary N) is 1. The van der Waals surface area contributed by atoms with Crippen LogP contribution >= 0.6 is 23.2 Å². The van der Waals surface area contributed by atoms with Crippen molar-refractivity contribution in [2.24, 2.45) is 0 Å². The molecule has 0 fully saturated rings. The van der Waals surface area contributed by atoms with Gasteiger partial charge in [-0.25, -0.2) is 8.42 Å². The molecule has 0 aliphatic rings. The molecule has 0 aliphatic heterocycles. The summed E-state index contributed by atoms with van der Waals surface area (Å²) in [7, 11) is -4.09. The van der Waals surface area contributed by atoms with Crippen molar-refractivity contribution >= 4 is 51.1 Å². The number of nitrogens with zero attached hydrogens (tertiary/aromatic N) is 1. The zero-order chi connectivity index (χ0) is 23.3. The number of carbonyl (C=O) groups excluding carboxylic acids is 2. The minimum atomic E-state index is -4.09. The average molecular weight is 491 g/mol. The van der Waals surface area contributed by atoms with Crippen molar-refractivity contribution in [1.82, 2.24) is 5.32 Å². The second-order valence-corrected chi connectivity index (χ2v) is 9.77. The Morgan fingerprint density at radius 2 is 1.69 bits per heavy atom. The monoisotopic (exact) mass is 490 g/mol. The molecule has 166 valence electrons. The van der Waals surface area contributed by atoms with Crippen LogP contribution in [0.5, 0.6) is 0 Å². The van der Waals surface area contributed by atoms with E-state index in [-0.39, 0.29) is 11.4 Å². The molecule has 9 heteroatoms. The van der Waals surface area contributed by atoms with Crippen LogP contribution in [0.3, 0.4) is 0 Å². The van der Waals surface area contributed by atoms with E-state index in [1.165, 1.54) is 30.3 Å². The molecular weight excluding hydrogens is 471 g/mol. The maximum atomic E-state index is 13.4. The predicted octanol–water partition coefficient (Wildman–Crippen LogP) is 4.63. The molecule has 3 aromatic rings. The van der Waals surface area contributed by atoms with Crippen molar-refractivity contribution in [3.63, 3.8) is 0 Å². The molecule has 1 amide bonds. The van der Waals surface area contributed by atoms with Crippen LogP contribution in [0.25, 0.3) is 0 Å². The minimum Gasteiger partial charge on any atom is -0.350 e. The summed E-state index contributed by atoms with van der Waals surface area (Å²) in [5, 5.41) is 3.44. The van der Waals surface area contributed by atoms with E-state index in [0.29, 0.717) is 38.7 Å². The Labute approximate surface area is 196 Å². The number of aldehydes is 1. The van der Waals surface area contributed by atoms with Crippen molar-refractivity contribution in [2.45, 2.75) is 18.4 Å². The van der Waals surface area contributed by atoms with E-state index < -0.39 is 22.5 Å². The molecule has 0 spiro atoms. The van der Waals surface area contributed by atoms with E-state index in [1.54, 1.807) is 43.3 Å². The highest BCUT2D eigenvalue weighted by atomic mass is 35.5. The van der Waals surface area contributed by atoms with Crippen LogP contribution in [0.1, 0.15) is 21.5 Å². The molecule has 0 aromatic heterocycles. The van der Waals surface area contributed by atoms with E-state index in [4.69, 9.17) is 23.2 Å². The Balaban J connectivity index is 1.90. The van der Waals surface area contributed by atoms with Crippen molar-refractivity contribution < 1.29 is 18.0 Å². The summed E-state index contributed by atoms with van der Waals surface area (Å²) in [4.78, 5) is 23.7. The number of halogens is 2. The molecule has 0 saturated carbocycles. The maximum absolute atomic E-state index is 13.4. The summed E-state index contributed by atoms with van der Waals surface area (Å²) >= 11 is 12.0. The number of anilines is 1. The van der Waals surface area contributed by atoms with E-state index in [0.717, 1.165) is 4.31 Å². The summed E-state index contributed by atoms with van der Waals surface area (Å²) < 4.78 is 27.9. The van der Waals surface area contributed by atoms with Gasteiger partial charge in [0.1, 0.15) is 12.8 Å². The van der Waals surface area contributed by atoms with Crippen LogP contribution in [0, 0.1) is 6.92 Å². The second kappa shape index (κ2) is 10.2. The Hall–Kier alpha value is -2.87. The van der Waals surface area contributed by atoms with Gasteiger partial charge in [-0.05, 0) is 60.5 Å². The van der Waals surface area contributed by atoms with Gasteiger partial charge >= 0.3 is 0 Å². The number of hydrogen-bond donors (Lipinski definition) is 1. The molecule has 6 nitrogen and oxygen atoms in total. The smallest absolute Gasteiger partial charge is 0.264 e. The lowest BCUT2D eigenvalue weighted by atomic mass is 10.1. The first-order valence-corrected chi connectivity index (χ1v) is 11.8. The Kier molecular flexibility index (Phi) is 7.56. The summed E-state index contributed by atoms with van der Waals surface area (Å²) in [6.07, 6.45) is 0.716. The first-order chi connectivity index (χ1) is 15.2. The van der Waals surface area contributed by atoms with Gasteiger partial charge in [0.2, 0.25) is 5.91 Å². The van der Waals surface area contributed by atoms with E-state index in [9.17, 15) is 18.0 Å². The van der Waals surface area contributed by atoms with Gasteiger partial charge in [-0.1, -0.05) is 47.5 Å². The fourth-order valence-electron chi connectivity index (χ4n) is 3.05. The zero-order valence-electron chi connectivity index (χ0n) is 17.1. The van der Waals surface area contributed by atoms with Gasteiger partial charge in [0.25, 0.3) is 10.0 Å². The van der Waals surface area contributed by atoms with Crippen molar-refractivity contribution in [2.75, 3.05) is 10.8 Å². The fourth-order valence-corrected chi connectivity index (χ4v) is 4.82. The summed E-state index contributed by atoms with van der Waals surface area (Å²) in [6, 6.07) is 17.3. The van der Waals surface area contributed by atoms with Gasteiger partial charge in [-0.15, -0.1) is 0 Å². The van der Waals surface area contributed by atoms with Crippen LogP contribution in [0.2, 0.25) is 10.0 Å². The molecule has 3 aromatic carbocycles. The molecule has 32 heavy (non-hydrogen) atoms. The van der Waals surface area contributed by atoms with Gasteiger partial charge in [0, 0.05) is 22.2 Å². The second-order valence-electron chi connectivity index (χ2n) is 7.04. The lowest BCUT2D eigenvalue weighted by Crippen LogP contribution is -2.41. The minimum absolute atomic E-state index is 0.00670. The zero-order valence-corrected chi connectivity index (χ0v) is 19.4. The number of benzene rings is 3. The number of rotatable bonds is 8. The molecule has 0 unspecified atom stereocenters. The normalized spacial score (nSPS) is 11.1. The molecule has 3 rings (SSSR count). The highest BCUT2D eigenvalue weighted by molar-refractivity contribution is 7.92. The van der Waals surface area contributed by atoms with Crippen LogP contribution in [-0.4, -0.2) is 27.2 Å². The number of aryl methyl sites for hydroxylation is 1. The Morgan fingerprint density at radius 3 is 2.38 bits per heavy atom. The molecule has 0 atom stereocenters. The predicted molar refractivity (Wildman–Crippen MR) is 126 cm³/mol. The van der Waals surface area contributed by atoms with Crippen LogP contribution in [-0.2, 0) is 21.4 Å². The summed E-state index contributed by atoms with van der Waals surface area (Å²) in [5.41, 5.74) is 2.14. The molecule has 0 heterocycles. The SMILES string of the molecule is Cc1ccc(Cl)cc1N(CC(=O)NCc1cccc(C=O)c1)S(=O)(=O)c1ccc(Cl)cc1. The lowest BCUT2D eigenvalue weighted by molar-refractivity contribution is -0.119. The highest BCUT2D eigenvalue weighted by Crippen LogP contribution is 2.29. The molecule has 0 bridgehead atoms. The molecular formula is C23H20Cl2N2O4S. The third kappa shape index (κ3) is 5.68. The van der Waals surface area contributed by atoms with E-state index >= 15 is 0 Å². The quantitative estimate of drug-likeness (QED) is 0.466. The topological polar surface area (TPSA) is 83.6 Å². The Morgan fingerprint density at radius 1 is 1.00 bits per heavy atom. The largest absolute Gasteiger partial charge is 0.350 e. The summed E-state index contributed by atoms with van der Waals surface area (Å²) in [6.45, 7) is 1.42. The first kappa shape index (κ1) is 23.8. The lowest BCUT2D eigenvalue weighted by Gasteiger charge is -2.26. The third-order valence-corrected chi connectivity index (χ3v) is 6.97. The molecule has 0 saturated heterocycles. The van der Waals surface area contributed by atoms with E-state index in [1.807, 2.05) is 0 Å². The van der Waals surface area contributed by atoms with Crippen molar-refractivity contribution in [3.8, 4) is 0 Å². The standard InChI is InChI=1S/C23H20Cl2N2O4S/c1-16-5-6-20(25)12-22(16)27(32(30,31)21-9-7-19(24)8-10-21)14-23(29)26-13-17-3-2-4-18(11-17)15-28/h2-12,15H,13-14H2,1H3,(H,26,29). The van der Waals surface area contributed by atoms with Gasteiger partial charge in [-0.2, -0.15) is 0 Å². The van der Waals surface area contributed by atoms with Gasteiger partial charge < -0.3 is 5.32 Å². The van der Waals surface area contributed by atoms with Crippen LogP contribution < -0.4 is 9.62 Å². The number of sulfonamides is 1. The molecule has 0 radical (unpaired) electrons. The highest BCUT2D eigenvalue weighted by Gasteiger charge is 2.28. The number of carbonyl (C=O) groups is 2. The average Bonchev–Trinajstić information content (AvgIpc) is 2.78. The van der Waals surface area contributed by atoms with E-state index in [2.05, 4.69) is 5.32 Å². The van der Waals surface area contributed by atoms with Crippen molar-refractivity contribution in [1.29, 1.82) is 0 Å². The summed E-state index contributed by atoms with van der Waals surface area (Å²) in [5.74, 6) is -0.515.